The summed E-state index contributed by atoms with van der Waals surface area (Å²) < 4.78 is 16.2. The van der Waals surface area contributed by atoms with Crippen molar-refractivity contribution in [2.45, 2.75) is 70.4 Å². The molecular weight excluding hydrogens is 785 g/mol. The fourth-order valence-corrected chi connectivity index (χ4v) is 8.11. The highest BCUT2D eigenvalue weighted by Crippen LogP contribution is 2.37. The molecule has 0 radical (unpaired) electrons. The van der Waals surface area contributed by atoms with E-state index in [1.807, 2.05) is 97.6 Å². The van der Waals surface area contributed by atoms with Crippen molar-refractivity contribution < 1.29 is 33.4 Å². The molecule has 2 saturated heterocycles. The summed E-state index contributed by atoms with van der Waals surface area (Å²) in [5.74, 6) is 12.3. The molecule has 13 nitrogen and oxygen atoms in total. The number of carbonyl (C=O) groups excluding carboxylic acids is 4. The minimum atomic E-state index is -0.667. The van der Waals surface area contributed by atoms with Gasteiger partial charge in [0.25, 0.3) is 0 Å². The Labute approximate surface area is 361 Å². The fraction of sp³-hybridized carbons (Fsp3) is 0.347. The van der Waals surface area contributed by atoms with Gasteiger partial charge in [-0.3, -0.25) is 19.2 Å². The Morgan fingerprint density at radius 1 is 0.742 bits per heavy atom. The van der Waals surface area contributed by atoms with Crippen LogP contribution in [0, 0.1) is 35.5 Å². The number of hydrogen-bond donors (Lipinski definition) is 2. The average Bonchev–Trinajstić information content (AvgIpc) is 4.14. The second kappa shape index (κ2) is 20.0. The van der Waals surface area contributed by atoms with E-state index in [4.69, 9.17) is 19.2 Å². The molecule has 2 N–H and O–H groups in total. The van der Waals surface area contributed by atoms with Crippen LogP contribution in [0.3, 0.4) is 0 Å². The van der Waals surface area contributed by atoms with Crippen molar-refractivity contribution in [2.75, 3.05) is 27.3 Å². The zero-order valence-electron chi connectivity index (χ0n) is 35.4. The van der Waals surface area contributed by atoms with Crippen LogP contribution in [0.25, 0.3) is 11.3 Å². The molecule has 0 spiro atoms. The Bertz CT molecular complexity index is 2510. The number of nitrogens with zero attached hydrogens (tertiary/aromatic N) is 4. The Morgan fingerprint density at radius 3 is 2.03 bits per heavy atom. The third-order valence-corrected chi connectivity index (χ3v) is 11.4. The van der Waals surface area contributed by atoms with E-state index in [-0.39, 0.29) is 42.7 Å². The Balaban J connectivity index is 1.08. The molecule has 0 saturated carbocycles. The normalized spacial score (nSPS) is 16.7. The first kappa shape index (κ1) is 43.0. The Kier molecular flexibility index (Phi) is 13.8. The lowest BCUT2D eigenvalue weighted by atomic mass is 9.91. The largest absolute Gasteiger partial charge is 0.469 e. The van der Waals surface area contributed by atoms with E-state index in [2.05, 4.69) is 38.6 Å². The number of hydrogen-bond acceptors (Lipinski definition) is 9. The first-order valence-corrected chi connectivity index (χ1v) is 20.9. The summed E-state index contributed by atoms with van der Waals surface area (Å²) in [7, 11) is 2.66. The molecule has 2 aliphatic heterocycles. The highest BCUT2D eigenvalue weighted by atomic mass is 16.5. The number of H-pyrrole nitrogens is 2. The quantitative estimate of drug-likeness (QED) is 0.0905. The molecule has 13 heteroatoms. The molecule has 4 atom stereocenters. The van der Waals surface area contributed by atoms with Crippen LogP contribution in [-0.4, -0.2) is 80.8 Å². The third kappa shape index (κ3) is 10.1. The van der Waals surface area contributed by atoms with E-state index in [0.29, 0.717) is 47.5 Å². The average molecular weight is 835 g/mol. The van der Waals surface area contributed by atoms with Crippen LogP contribution in [0.5, 0.6) is 11.5 Å². The maximum absolute atomic E-state index is 13.9. The molecular formula is C49H50N6O7. The number of likely N-dealkylation sites (tertiary alicyclic amines) is 2. The van der Waals surface area contributed by atoms with Crippen molar-refractivity contribution in [3.8, 4) is 46.4 Å². The maximum Gasteiger partial charge on any atom is 0.306 e. The molecule has 5 aromatic rings. The number of benzene rings is 3. The third-order valence-electron chi connectivity index (χ3n) is 11.4. The number of aromatic nitrogens is 4. The van der Waals surface area contributed by atoms with Gasteiger partial charge in [0.2, 0.25) is 11.8 Å². The van der Waals surface area contributed by atoms with Gasteiger partial charge in [0.15, 0.2) is 0 Å². The number of imidazole rings is 2. The summed E-state index contributed by atoms with van der Waals surface area (Å²) in [6, 6.07) is 23.9. The second-order valence-electron chi connectivity index (χ2n) is 15.7. The van der Waals surface area contributed by atoms with Crippen LogP contribution in [0.2, 0.25) is 0 Å². The first-order chi connectivity index (χ1) is 30.1. The van der Waals surface area contributed by atoms with Gasteiger partial charge in [-0.1, -0.05) is 68.4 Å². The summed E-state index contributed by atoms with van der Waals surface area (Å²) in [6.07, 6.45) is 6.49. The van der Waals surface area contributed by atoms with Gasteiger partial charge in [0.1, 0.15) is 28.8 Å². The van der Waals surface area contributed by atoms with Gasteiger partial charge in [-0.25, -0.2) is 9.97 Å². The fourth-order valence-electron chi connectivity index (χ4n) is 8.11. The number of esters is 2. The van der Waals surface area contributed by atoms with Gasteiger partial charge in [-0.2, -0.15) is 0 Å². The van der Waals surface area contributed by atoms with Crippen molar-refractivity contribution in [3.63, 3.8) is 0 Å². The highest BCUT2D eigenvalue weighted by molar-refractivity contribution is 5.89. The molecule has 2 amide bonds. The SMILES string of the molecule is COC(=O)C[C@H](C(=O)N1CCC[C@H]1c1ncc(-c2ccc(C#CC#Cc3cnc([C@@H]4CCCN4C(=O)[C@H](CC(=O)OC)c4ccccc4)[nH]3)c(Oc3ccccc3)c2)[nH]1)C(C)C. The van der Waals surface area contributed by atoms with E-state index in [1.54, 1.807) is 17.3 Å². The van der Waals surface area contributed by atoms with Gasteiger partial charge in [-0.05, 0) is 85.1 Å². The van der Waals surface area contributed by atoms with Crippen molar-refractivity contribution in [1.29, 1.82) is 0 Å². The van der Waals surface area contributed by atoms with E-state index >= 15 is 0 Å². The standard InChI is InChI=1S/C49H50N6O7/c1-32(2)38(28-44(56)60-3)48(58)54-25-14-22-42(54)47-51-31-40(53-47)35-24-23-34(43(27-35)62-37-19-9-6-10-20-37)17-11-12-18-36-30-50-46(52-36)41-21-13-26-55(41)49(59)39(29-45(57)61-4)33-15-7-5-8-16-33/h5-10,15-16,19-20,23-24,27,30-32,38-39,41-42H,13-14,21-22,25-26,28-29H2,1-4H3,(H,50,52)(H,51,53)/t38-,39+,41-,42-/m0/s1. The maximum atomic E-state index is 13.9. The van der Waals surface area contributed by atoms with Crippen LogP contribution in [0.1, 0.15) is 98.8 Å². The molecule has 0 unspecified atom stereocenters. The molecule has 0 aliphatic carbocycles. The smallest absolute Gasteiger partial charge is 0.306 e. The number of rotatable bonds is 13. The highest BCUT2D eigenvalue weighted by Gasteiger charge is 2.39. The monoisotopic (exact) mass is 834 g/mol. The Hall–Kier alpha value is -7.12. The molecule has 7 rings (SSSR count). The Morgan fingerprint density at radius 2 is 1.35 bits per heavy atom. The molecule has 2 aromatic heterocycles. The first-order valence-electron chi connectivity index (χ1n) is 20.9. The number of methoxy groups -OCH3 is 2. The molecule has 62 heavy (non-hydrogen) atoms. The number of aromatic amines is 2. The number of ether oxygens (including phenoxy) is 3. The lowest BCUT2D eigenvalue weighted by Gasteiger charge is -2.29. The van der Waals surface area contributed by atoms with Crippen LogP contribution < -0.4 is 4.74 Å². The van der Waals surface area contributed by atoms with E-state index < -0.39 is 23.8 Å². The molecule has 318 valence electrons. The number of amides is 2. The molecule has 0 bridgehead atoms. The number of para-hydroxylation sites is 1. The zero-order valence-corrected chi connectivity index (χ0v) is 35.4. The summed E-state index contributed by atoms with van der Waals surface area (Å²) in [4.78, 5) is 71.8. The van der Waals surface area contributed by atoms with Crippen LogP contribution >= 0.6 is 0 Å². The van der Waals surface area contributed by atoms with Gasteiger partial charge in [0, 0.05) is 18.7 Å². The van der Waals surface area contributed by atoms with E-state index in [9.17, 15) is 19.2 Å². The predicted octanol–water partition coefficient (Wildman–Crippen LogP) is 7.50. The summed E-state index contributed by atoms with van der Waals surface area (Å²) >= 11 is 0. The van der Waals surface area contributed by atoms with Crippen molar-refractivity contribution in [2.24, 2.45) is 11.8 Å². The molecule has 2 fully saturated rings. The van der Waals surface area contributed by atoms with Gasteiger partial charge >= 0.3 is 11.9 Å². The van der Waals surface area contributed by atoms with Gasteiger partial charge < -0.3 is 34.0 Å². The van der Waals surface area contributed by atoms with Crippen molar-refractivity contribution >= 4 is 23.8 Å². The number of carbonyl (C=O) groups is 4. The van der Waals surface area contributed by atoms with Crippen LogP contribution in [0.15, 0.2) is 91.3 Å². The second-order valence-corrected chi connectivity index (χ2v) is 15.7. The van der Waals surface area contributed by atoms with Gasteiger partial charge in [0.05, 0.1) is 74.6 Å². The van der Waals surface area contributed by atoms with E-state index in [0.717, 1.165) is 42.5 Å². The molecule has 4 heterocycles. The minimum absolute atomic E-state index is 0.0309. The zero-order chi connectivity index (χ0) is 43.6. The summed E-state index contributed by atoms with van der Waals surface area (Å²) in [6.45, 7) is 5.03. The summed E-state index contributed by atoms with van der Waals surface area (Å²) in [5.41, 5.74) is 3.51. The topological polar surface area (TPSA) is 160 Å². The lowest BCUT2D eigenvalue weighted by molar-refractivity contribution is -0.148. The lowest BCUT2D eigenvalue weighted by Crippen LogP contribution is -2.39. The van der Waals surface area contributed by atoms with Gasteiger partial charge in [-0.15, -0.1) is 0 Å². The van der Waals surface area contributed by atoms with Crippen molar-refractivity contribution in [1.82, 2.24) is 29.7 Å². The molecule has 2 aliphatic rings. The van der Waals surface area contributed by atoms with E-state index in [1.165, 1.54) is 14.2 Å². The number of nitrogens with one attached hydrogen (secondary N) is 2. The van der Waals surface area contributed by atoms with Crippen LogP contribution in [-0.2, 0) is 28.7 Å². The summed E-state index contributed by atoms with van der Waals surface area (Å²) in [5, 5.41) is 0. The predicted molar refractivity (Wildman–Crippen MR) is 231 cm³/mol. The minimum Gasteiger partial charge on any atom is -0.469 e. The van der Waals surface area contributed by atoms with Crippen LogP contribution in [0.4, 0.5) is 0 Å². The van der Waals surface area contributed by atoms with Crippen molar-refractivity contribution in [3.05, 3.63) is 120 Å². The molecule has 3 aromatic carbocycles.